The predicted molar refractivity (Wildman–Crippen MR) is 77.5 cm³/mol. The van der Waals surface area contributed by atoms with Gasteiger partial charge in [-0.05, 0) is 20.3 Å². The summed E-state index contributed by atoms with van der Waals surface area (Å²) in [6.07, 6.45) is 2.73. The summed E-state index contributed by atoms with van der Waals surface area (Å²) in [5, 5.41) is 13.4. The van der Waals surface area contributed by atoms with Crippen molar-refractivity contribution in [2.45, 2.75) is 33.2 Å². The molecular formula is C14H17N5O2. The van der Waals surface area contributed by atoms with E-state index in [1.165, 1.54) is 0 Å². The number of esters is 1. The molecule has 0 aromatic carbocycles. The number of anilines is 1. The summed E-state index contributed by atoms with van der Waals surface area (Å²) in [4.78, 5) is 16.4. The number of nitriles is 1. The zero-order valence-electron chi connectivity index (χ0n) is 12.1. The van der Waals surface area contributed by atoms with E-state index in [0.717, 1.165) is 0 Å². The number of rotatable bonds is 5. The van der Waals surface area contributed by atoms with Crippen molar-refractivity contribution in [3.63, 3.8) is 0 Å². The summed E-state index contributed by atoms with van der Waals surface area (Å²) < 4.78 is 6.70. The van der Waals surface area contributed by atoms with Crippen LogP contribution >= 0.6 is 0 Å². The molecular weight excluding hydrogens is 270 g/mol. The number of hydrogen-bond donors (Lipinski definition) is 1. The van der Waals surface area contributed by atoms with Crippen LogP contribution in [0.3, 0.4) is 0 Å². The van der Waals surface area contributed by atoms with Crippen LogP contribution in [0.25, 0.3) is 11.0 Å². The Bertz CT molecular complexity index is 714. The Hall–Kier alpha value is -2.62. The van der Waals surface area contributed by atoms with E-state index >= 15 is 0 Å². The van der Waals surface area contributed by atoms with E-state index < -0.39 is 5.97 Å². The van der Waals surface area contributed by atoms with Crippen LogP contribution in [0.15, 0.2) is 6.20 Å². The first-order chi connectivity index (χ1) is 10.1. The Labute approximate surface area is 122 Å². The predicted octanol–water partition coefficient (Wildman–Crippen LogP) is 1.80. The third kappa shape index (κ3) is 2.79. The van der Waals surface area contributed by atoms with Gasteiger partial charge in [-0.1, -0.05) is 0 Å². The van der Waals surface area contributed by atoms with Crippen LogP contribution < -0.4 is 5.73 Å². The fourth-order valence-electron chi connectivity index (χ4n) is 2.16. The zero-order chi connectivity index (χ0) is 15.4. The fourth-order valence-corrected chi connectivity index (χ4v) is 2.16. The number of nitrogen functional groups attached to an aromatic ring is 1. The van der Waals surface area contributed by atoms with Crippen LogP contribution in [-0.2, 0) is 11.3 Å². The van der Waals surface area contributed by atoms with Gasteiger partial charge in [-0.2, -0.15) is 10.4 Å². The largest absolute Gasteiger partial charge is 0.462 e. The molecule has 2 aromatic rings. The molecule has 2 rings (SSSR count). The number of ether oxygens (including phenoxy) is 1. The molecule has 110 valence electrons. The van der Waals surface area contributed by atoms with Crippen LogP contribution in [0.2, 0.25) is 0 Å². The van der Waals surface area contributed by atoms with Crippen molar-refractivity contribution >= 4 is 22.7 Å². The maximum atomic E-state index is 11.9. The molecule has 0 fully saturated rings. The minimum absolute atomic E-state index is 0.281. The Balaban J connectivity index is 2.45. The zero-order valence-corrected chi connectivity index (χ0v) is 12.1. The van der Waals surface area contributed by atoms with E-state index in [-0.39, 0.29) is 6.61 Å². The Kier molecular flexibility index (Phi) is 4.38. The lowest BCUT2D eigenvalue weighted by Crippen LogP contribution is -2.12. The molecule has 0 aliphatic carbocycles. The molecule has 21 heavy (non-hydrogen) atoms. The molecule has 0 aliphatic rings. The second kappa shape index (κ2) is 6.22. The van der Waals surface area contributed by atoms with Crippen molar-refractivity contribution in [1.82, 2.24) is 14.8 Å². The SMILES string of the molecule is CCOC(=O)c1c(C)nc2c(cnn2CCCC#N)c1N. The van der Waals surface area contributed by atoms with Crippen LogP contribution in [0.5, 0.6) is 0 Å². The van der Waals surface area contributed by atoms with Gasteiger partial charge in [0.2, 0.25) is 0 Å². The number of carbonyl (C=O) groups is 1. The van der Waals surface area contributed by atoms with Crippen molar-refractivity contribution in [2.75, 3.05) is 12.3 Å². The number of nitrogens with two attached hydrogens (primary N) is 1. The first-order valence-electron chi connectivity index (χ1n) is 6.75. The van der Waals surface area contributed by atoms with Gasteiger partial charge in [0, 0.05) is 13.0 Å². The third-order valence-electron chi connectivity index (χ3n) is 3.14. The van der Waals surface area contributed by atoms with Gasteiger partial charge in [-0.15, -0.1) is 0 Å². The van der Waals surface area contributed by atoms with E-state index in [1.807, 2.05) is 0 Å². The van der Waals surface area contributed by atoms with Gasteiger partial charge in [0.1, 0.15) is 5.56 Å². The number of aryl methyl sites for hydroxylation is 2. The van der Waals surface area contributed by atoms with Crippen molar-refractivity contribution in [2.24, 2.45) is 0 Å². The molecule has 0 amide bonds. The molecule has 7 nitrogen and oxygen atoms in total. The van der Waals surface area contributed by atoms with Gasteiger partial charge in [-0.25, -0.2) is 14.5 Å². The lowest BCUT2D eigenvalue weighted by Gasteiger charge is -2.09. The number of carbonyl (C=O) groups excluding carboxylic acids is 1. The lowest BCUT2D eigenvalue weighted by molar-refractivity contribution is 0.0526. The summed E-state index contributed by atoms with van der Waals surface area (Å²) in [7, 11) is 0. The highest BCUT2D eigenvalue weighted by Crippen LogP contribution is 2.26. The van der Waals surface area contributed by atoms with Crippen LogP contribution in [0, 0.1) is 18.3 Å². The molecule has 0 unspecified atom stereocenters. The average Bonchev–Trinajstić information content (AvgIpc) is 2.83. The molecule has 2 N–H and O–H groups in total. The van der Waals surface area contributed by atoms with Crippen molar-refractivity contribution in [1.29, 1.82) is 5.26 Å². The van der Waals surface area contributed by atoms with E-state index in [1.54, 1.807) is 24.7 Å². The van der Waals surface area contributed by atoms with E-state index in [0.29, 0.717) is 47.4 Å². The maximum absolute atomic E-state index is 11.9. The number of fused-ring (bicyclic) bond motifs is 1. The number of hydrogen-bond acceptors (Lipinski definition) is 6. The monoisotopic (exact) mass is 287 g/mol. The minimum atomic E-state index is -0.473. The van der Waals surface area contributed by atoms with Crippen LogP contribution in [0.1, 0.15) is 35.8 Å². The Morgan fingerprint density at radius 3 is 3.00 bits per heavy atom. The van der Waals surface area contributed by atoms with E-state index in [2.05, 4.69) is 16.2 Å². The number of pyridine rings is 1. The van der Waals surface area contributed by atoms with Gasteiger partial charge < -0.3 is 10.5 Å². The minimum Gasteiger partial charge on any atom is -0.462 e. The van der Waals surface area contributed by atoms with Gasteiger partial charge in [0.25, 0.3) is 0 Å². The molecule has 7 heteroatoms. The first-order valence-corrected chi connectivity index (χ1v) is 6.75. The second-order valence-corrected chi connectivity index (χ2v) is 4.57. The van der Waals surface area contributed by atoms with Crippen molar-refractivity contribution in [3.05, 3.63) is 17.5 Å². The molecule has 2 heterocycles. The molecule has 0 bridgehead atoms. The summed E-state index contributed by atoms with van der Waals surface area (Å²) >= 11 is 0. The van der Waals surface area contributed by atoms with Gasteiger partial charge in [-0.3, -0.25) is 0 Å². The Morgan fingerprint density at radius 1 is 1.57 bits per heavy atom. The maximum Gasteiger partial charge on any atom is 0.342 e. The highest BCUT2D eigenvalue weighted by Gasteiger charge is 2.20. The van der Waals surface area contributed by atoms with E-state index in [4.69, 9.17) is 15.7 Å². The van der Waals surface area contributed by atoms with E-state index in [9.17, 15) is 4.79 Å². The number of nitrogens with zero attached hydrogens (tertiary/aromatic N) is 4. The fraction of sp³-hybridized carbons (Fsp3) is 0.429. The average molecular weight is 287 g/mol. The normalized spacial score (nSPS) is 10.5. The molecule has 0 spiro atoms. The Morgan fingerprint density at radius 2 is 2.33 bits per heavy atom. The standard InChI is InChI=1S/C14H17N5O2/c1-3-21-14(20)11-9(2)18-13-10(12(11)16)8-17-19(13)7-5-4-6-15/h8H,3-5,7H2,1-2H3,(H2,16,18). The number of unbranched alkanes of at least 4 members (excludes halogenated alkanes) is 1. The highest BCUT2D eigenvalue weighted by molar-refractivity contribution is 6.04. The smallest absolute Gasteiger partial charge is 0.342 e. The molecule has 0 atom stereocenters. The lowest BCUT2D eigenvalue weighted by atomic mass is 10.1. The topological polar surface area (TPSA) is 107 Å². The summed E-state index contributed by atoms with van der Waals surface area (Å²) in [6, 6.07) is 2.09. The summed E-state index contributed by atoms with van der Waals surface area (Å²) in [5.41, 5.74) is 7.84. The van der Waals surface area contributed by atoms with Gasteiger partial charge in [0.15, 0.2) is 5.65 Å². The van der Waals surface area contributed by atoms with Gasteiger partial charge >= 0.3 is 5.97 Å². The van der Waals surface area contributed by atoms with Crippen LogP contribution in [-0.4, -0.2) is 27.3 Å². The first kappa shape index (κ1) is 14.8. The highest BCUT2D eigenvalue weighted by atomic mass is 16.5. The van der Waals surface area contributed by atoms with Gasteiger partial charge in [0.05, 0.1) is 35.6 Å². The van der Waals surface area contributed by atoms with Crippen LogP contribution in [0.4, 0.5) is 5.69 Å². The van der Waals surface area contributed by atoms with Crippen molar-refractivity contribution < 1.29 is 9.53 Å². The molecule has 0 aliphatic heterocycles. The number of aromatic nitrogens is 3. The summed E-state index contributed by atoms with van der Waals surface area (Å²) in [5.74, 6) is -0.473. The molecule has 0 saturated heterocycles. The quantitative estimate of drug-likeness (QED) is 0.663. The van der Waals surface area contributed by atoms with Crippen molar-refractivity contribution in [3.8, 4) is 6.07 Å². The molecule has 0 saturated carbocycles. The second-order valence-electron chi connectivity index (χ2n) is 4.57. The molecule has 0 radical (unpaired) electrons. The summed E-state index contributed by atoms with van der Waals surface area (Å²) in [6.45, 7) is 4.32. The third-order valence-corrected chi connectivity index (χ3v) is 3.14. The molecule has 2 aromatic heterocycles.